The molecule has 3 aromatic rings. The number of nitrogens with one attached hydrogen (secondary N) is 2. The van der Waals surface area contributed by atoms with Crippen LogP contribution in [0.1, 0.15) is 39.9 Å². The van der Waals surface area contributed by atoms with Crippen LogP contribution >= 0.6 is 0 Å². The van der Waals surface area contributed by atoms with Gasteiger partial charge in [-0.15, -0.1) is 0 Å². The lowest BCUT2D eigenvalue weighted by molar-refractivity contribution is -0.121. The summed E-state index contributed by atoms with van der Waals surface area (Å²) in [6, 6.07) is 25.8. The van der Waals surface area contributed by atoms with Crippen molar-refractivity contribution in [3.05, 3.63) is 101 Å². The molecule has 0 saturated carbocycles. The molecule has 0 aliphatic carbocycles. The summed E-state index contributed by atoms with van der Waals surface area (Å²) in [5.74, 6) is -0.206. The van der Waals surface area contributed by atoms with Gasteiger partial charge in [0.05, 0.1) is 11.3 Å². The van der Waals surface area contributed by atoms with Crippen LogP contribution in [0.5, 0.6) is 0 Å². The molecule has 0 bridgehead atoms. The number of hydrogen-bond acceptors (Lipinski definition) is 3. The van der Waals surface area contributed by atoms with E-state index in [4.69, 9.17) is 0 Å². The number of anilines is 1. The number of para-hydroxylation sites is 1. The number of rotatable bonds is 8. The molecule has 4 rings (SSSR count). The van der Waals surface area contributed by atoms with Gasteiger partial charge in [-0.1, -0.05) is 66.7 Å². The van der Waals surface area contributed by atoms with Crippen molar-refractivity contribution in [2.24, 2.45) is 5.92 Å². The van der Waals surface area contributed by atoms with Gasteiger partial charge in [0.15, 0.2) is 0 Å². The van der Waals surface area contributed by atoms with Crippen molar-refractivity contribution in [1.82, 2.24) is 10.2 Å². The van der Waals surface area contributed by atoms with Crippen molar-refractivity contribution in [3.8, 4) is 0 Å². The van der Waals surface area contributed by atoms with E-state index in [0.29, 0.717) is 17.8 Å². The summed E-state index contributed by atoms with van der Waals surface area (Å²) in [7, 11) is 0. The number of piperidine rings is 1. The predicted octanol–water partition coefficient (Wildman–Crippen LogP) is 4.82. The molecular weight excluding hydrogens is 422 g/mol. The first kappa shape index (κ1) is 23.7. The normalized spacial score (nSPS) is 14.5. The highest BCUT2D eigenvalue weighted by Gasteiger charge is 2.26. The van der Waals surface area contributed by atoms with E-state index in [0.717, 1.165) is 38.9 Å². The number of carbonyl (C=O) groups is 2. The zero-order valence-electron chi connectivity index (χ0n) is 19.8. The molecule has 2 N–H and O–H groups in total. The fourth-order valence-electron chi connectivity index (χ4n) is 4.47. The number of aryl methyl sites for hydroxylation is 1. The van der Waals surface area contributed by atoms with Gasteiger partial charge >= 0.3 is 0 Å². The second-order valence-corrected chi connectivity index (χ2v) is 9.00. The van der Waals surface area contributed by atoms with Crippen LogP contribution in [-0.2, 0) is 17.8 Å². The first-order chi connectivity index (χ1) is 16.6. The second kappa shape index (κ2) is 11.6. The molecule has 3 aromatic carbocycles. The molecule has 34 heavy (non-hydrogen) atoms. The molecular formula is C29H33N3O2. The lowest BCUT2D eigenvalue weighted by atomic mass is 9.95. The Bertz CT molecular complexity index is 1110. The molecule has 1 fully saturated rings. The molecule has 5 heteroatoms. The molecule has 2 amide bonds. The topological polar surface area (TPSA) is 61.4 Å². The maximum atomic E-state index is 13.0. The third-order valence-corrected chi connectivity index (χ3v) is 6.59. The van der Waals surface area contributed by atoms with Gasteiger partial charge in [-0.2, -0.15) is 0 Å². The lowest BCUT2D eigenvalue weighted by Crippen LogP contribution is -2.38. The zero-order valence-corrected chi connectivity index (χ0v) is 19.8. The van der Waals surface area contributed by atoms with Crippen molar-refractivity contribution in [1.29, 1.82) is 0 Å². The van der Waals surface area contributed by atoms with Gasteiger partial charge in [0.25, 0.3) is 5.91 Å². The van der Waals surface area contributed by atoms with Gasteiger partial charge in [-0.05, 0) is 68.1 Å². The molecule has 0 spiro atoms. The summed E-state index contributed by atoms with van der Waals surface area (Å²) in [5.41, 5.74) is 4.91. The Balaban J connectivity index is 1.29. The van der Waals surface area contributed by atoms with Gasteiger partial charge in [-0.3, -0.25) is 14.5 Å². The van der Waals surface area contributed by atoms with E-state index >= 15 is 0 Å². The summed E-state index contributed by atoms with van der Waals surface area (Å²) in [5, 5.41) is 6.00. The number of likely N-dealkylation sites (tertiary alicyclic amines) is 1. The van der Waals surface area contributed by atoms with Gasteiger partial charge < -0.3 is 10.6 Å². The Labute approximate surface area is 202 Å². The van der Waals surface area contributed by atoms with Crippen molar-refractivity contribution < 1.29 is 9.59 Å². The van der Waals surface area contributed by atoms with Gasteiger partial charge in [0.2, 0.25) is 5.91 Å². The molecule has 5 nitrogen and oxygen atoms in total. The quantitative estimate of drug-likeness (QED) is 0.512. The smallest absolute Gasteiger partial charge is 0.253 e. The van der Waals surface area contributed by atoms with Gasteiger partial charge in [0, 0.05) is 19.0 Å². The average molecular weight is 456 g/mol. The Hall–Kier alpha value is -3.44. The number of hydrogen-bond donors (Lipinski definition) is 2. The van der Waals surface area contributed by atoms with Gasteiger partial charge in [0.1, 0.15) is 0 Å². The second-order valence-electron chi connectivity index (χ2n) is 9.00. The Morgan fingerprint density at radius 2 is 1.56 bits per heavy atom. The van der Waals surface area contributed by atoms with E-state index in [2.05, 4.69) is 46.7 Å². The molecule has 176 valence electrons. The zero-order chi connectivity index (χ0) is 23.8. The number of amides is 2. The fraction of sp³-hybridized carbons (Fsp3) is 0.310. The summed E-state index contributed by atoms with van der Waals surface area (Å²) < 4.78 is 0. The highest BCUT2D eigenvalue weighted by atomic mass is 16.2. The highest BCUT2D eigenvalue weighted by molar-refractivity contribution is 6.04. The third kappa shape index (κ3) is 6.33. The van der Waals surface area contributed by atoms with Crippen molar-refractivity contribution in [2.75, 3.05) is 25.0 Å². The van der Waals surface area contributed by atoms with Gasteiger partial charge in [-0.25, -0.2) is 0 Å². The predicted molar refractivity (Wildman–Crippen MR) is 137 cm³/mol. The van der Waals surface area contributed by atoms with E-state index in [-0.39, 0.29) is 17.7 Å². The summed E-state index contributed by atoms with van der Waals surface area (Å²) >= 11 is 0. The molecule has 1 aliphatic rings. The summed E-state index contributed by atoms with van der Waals surface area (Å²) in [6.45, 7) is 5.41. The standard InChI is InChI=1S/C29H33N3O2/c1-22-9-5-6-12-25(22)21-32-19-16-24(17-20-32)28(33)31-27-14-8-7-13-26(27)29(34)30-18-15-23-10-3-2-4-11-23/h2-14,24H,15-21H2,1H3,(H,30,34)(H,31,33). The molecule has 0 unspecified atom stereocenters. The van der Waals surface area contributed by atoms with Crippen LogP contribution in [0.15, 0.2) is 78.9 Å². The fourth-order valence-corrected chi connectivity index (χ4v) is 4.47. The Morgan fingerprint density at radius 1 is 0.882 bits per heavy atom. The van der Waals surface area contributed by atoms with E-state index in [1.54, 1.807) is 12.1 Å². The average Bonchev–Trinajstić information content (AvgIpc) is 2.87. The van der Waals surface area contributed by atoms with Crippen LogP contribution in [-0.4, -0.2) is 36.3 Å². The van der Waals surface area contributed by atoms with E-state index in [1.165, 1.54) is 16.7 Å². The van der Waals surface area contributed by atoms with Crippen LogP contribution < -0.4 is 10.6 Å². The largest absolute Gasteiger partial charge is 0.352 e. The van der Waals surface area contributed by atoms with E-state index in [9.17, 15) is 9.59 Å². The monoisotopic (exact) mass is 455 g/mol. The minimum atomic E-state index is -0.167. The van der Waals surface area contributed by atoms with Crippen molar-refractivity contribution in [2.45, 2.75) is 32.7 Å². The van der Waals surface area contributed by atoms with E-state index in [1.807, 2.05) is 42.5 Å². The SMILES string of the molecule is Cc1ccccc1CN1CCC(C(=O)Nc2ccccc2C(=O)NCCc2ccccc2)CC1. The first-order valence-electron chi connectivity index (χ1n) is 12.1. The molecule has 1 aliphatic heterocycles. The Kier molecular flexibility index (Phi) is 8.10. The molecule has 0 radical (unpaired) electrons. The lowest BCUT2D eigenvalue weighted by Gasteiger charge is -2.31. The number of carbonyl (C=O) groups excluding carboxylic acids is 2. The molecule has 1 saturated heterocycles. The Morgan fingerprint density at radius 3 is 2.32 bits per heavy atom. The van der Waals surface area contributed by atoms with Crippen molar-refractivity contribution in [3.63, 3.8) is 0 Å². The molecule has 0 atom stereocenters. The van der Waals surface area contributed by atoms with E-state index < -0.39 is 0 Å². The minimum absolute atomic E-state index is 0.0000715. The minimum Gasteiger partial charge on any atom is -0.352 e. The maximum Gasteiger partial charge on any atom is 0.253 e. The first-order valence-corrected chi connectivity index (χ1v) is 12.1. The third-order valence-electron chi connectivity index (χ3n) is 6.59. The summed E-state index contributed by atoms with van der Waals surface area (Å²) in [6.07, 6.45) is 2.41. The van der Waals surface area contributed by atoms with Crippen LogP contribution in [0.2, 0.25) is 0 Å². The van der Waals surface area contributed by atoms with Crippen molar-refractivity contribution >= 4 is 17.5 Å². The summed E-state index contributed by atoms with van der Waals surface area (Å²) in [4.78, 5) is 28.2. The highest BCUT2D eigenvalue weighted by Crippen LogP contribution is 2.23. The number of nitrogens with zero attached hydrogens (tertiary/aromatic N) is 1. The van der Waals surface area contributed by atoms with Crippen LogP contribution in [0.4, 0.5) is 5.69 Å². The number of benzene rings is 3. The molecule has 0 aromatic heterocycles. The van der Waals surface area contributed by atoms with Crippen LogP contribution in [0, 0.1) is 12.8 Å². The maximum absolute atomic E-state index is 13.0. The van der Waals surface area contributed by atoms with Crippen LogP contribution in [0.3, 0.4) is 0 Å². The van der Waals surface area contributed by atoms with Crippen LogP contribution in [0.25, 0.3) is 0 Å². The molecule has 1 heterocycles.